The Balaban J connectivity index is 2.29. The van der Waals surface area contributed by atoms with Crippen LogP contribution in [0.1, 0.15) is 10.5 Å². The predicted molar refractivity (Wildman–Crippen MR) is 56.0 cm³/mol. The highest BCUT2D eigenvalue weighted by Gasteiger charge is 2.07. The van der Waals surface area contributed by atoms with Gasteiger partial charge >= 0.3 is 6.61 Å². The third kappa shape index (κ3) is 2.66. The van der Waals surface area contributed by atoms with E-state index in [1.807, 2.05) is 0 Å². The number of carbonyl (C=O) groups is 1. The summed E-state index contributed by atoms with van der Waals surface area (Å²) in [5.74, 6) is 0.466. The van der Waals surface area contributed by atoms with Crippen LogP contribution in [0.15, 0.2) is 30.5 Å². The fourth-order valence-corrected chi connectivity index (χ4v) is 1.36. The highest BCUT2D eigenvalue weighted by Crippen LogP contribution is 2.22. The number of carbonyl (C=O) groups excluding carboxylic acids is 1. The van der Waals surface area contributed by atoms with Crippen LogP contribution >= 0.6 is 0 Å². The van der Waals surface area contributed by atoms with Crippen molar-refractivity contribution >= 4 is 6.29 Å². The topological polar surface area (TPSA) is 55.0 Å². The second-order valence-corrected chi connectivity index (χ2v) is 3.21. The van der Waals surface area contributed by atoms with E-state index in [1.54, 1.807) is 12.1 Å². The average Bonchev–Trinajstić information content (AvgIpc) is 2.77. The number of alkyl halides is 2. The summed E-state index contributed by atoms with van der Waals surface area (Å²) < 4.78 is 28.3. The van der Waals surface area contributed by atoms with Crippen LogP contribution in [0.3, 0.4) is 0 Å². The number of aldehydes is 1. The number of aromatic nitrogens is 2. The third-order valence-electron chi connectivity index (χ3n) is 2.06. The van der Waals surface area contributed by atoms with E-state index in [9.17, 15) is 13.6 Å². The van der Waals surface area contributed by atoms with Gasteiger partial charge in [0.2, 0.25) is 0 Å². The maximum atomic E-state index is 12.0. The predicted octanol–water partition coefficient (Wildman–Crippen LogP) is 2.49. The molecule has 0 atom stereocenters. The number of hydrogen-bond donors (Lipinski definition) is 1. The zero-order chi connectivity index (χ0) is 12.3. The van der Waals surface area contributed by atoms with Gasteiger partial charge in [0.25, 0.3) is 0 Å². The molecule has 4 nitrogen and oxygen atoms in total. The van der Waals surface area contributed by atoms with Crippen LogP contribution < -0.4 is 4.74 Å². The molecule has 1 aromatic carbocycles. The van der Waals surface area contributed by atoms with Crippen molar-refractivity contribution in [1.82, 2.24) is 9.97 Å². The van der Waals surface area contributed by atoms with Crippen LogP contribution in [0, 0.1) is 0 Å². The molecule has 0 aliphatic carbocycles. The molecule has 17 heavy (non-hydrogen) atoms. The van der Waals surface area contributed by atoms with Crippen LogP contribution in [0.2, 0.25) is 0 Å². The molecule has 0 spiro atoms. The van der Waals surface area contributed by atoms with Crippen molar-refractivity contribution < 1.29 is 18.3 Å². The van der Waals surface area contributed by atoms with Gasteiger partial charge in [-0.3, -0.25) is 4.79 Å². The molecule has 0 unspecified atom stereocenters. The van der Waals surface area contributed by atoms with E-state index in [1.165, 1.54) is 18.3 Å². The summed E-state index contributed by atoms with van der Waals surface area (Å²) in [6, 6.07) is 6.07. The quantitative estimate of drug-likeness (QED) is 0.832. The lowest BCUT2D eigenvalue weighted by Gasteiger charge is -2.05. The van der Waals surface area contributed by atoms with Crippen molar-refractivity contribution in [1.29, 1.82) is 0 Å². The van der Waals surface area contributed by atoms with Gasteiger partial charge in [-0.1, -0.05) is 12.1 Å². The number of nitrogens with one attached hydrogen (secondary N) is 1. The van der Waals surface area contributed by atoms with E-state index < -0.39 is 6.61 Å². The largest absolute Gasteiger partial charge is 0.435 e. The Labute approximate surface area is 95.3 Å². The van der Waals surface area contributed by atoms with Gasteiger partial charge in [-0.25, -0.2) is 4.98 Å². The average molecular weight is 238 g/mol. The Morgan fingerprint density at radius 2 is 2.24 bits per heavy atom. The normalized spacial score (nSPS) is 10.5. The van der Waals surface area contributed by atoms with Gasteiger partial charge in [0, 0.05) is 5.56 Å². The summed E-state index contributed by atoms with van der Waals surface area (Å²) in [5, 5.41) is 0. The smallest absolute Gasteiger partial charge is 0.387 e. The summed E-state index contributed by atoms with van der Waals surface area (Å²) in [5.41, 5.74) is 0.886. The van der Waals surface area contributed by atoms with Crippen molar-refractivity contribution in [2.45, 2.75) is 6.61 Å². The summed E-state index contributed by atoms with van der Waals surface area (Å²) in [6.07, 6.45) is 1.99. The van der Waals surface area contributed by atoms with Crippen molar-refractivity contribution in [2.24, 2.45) is 0 Å². The Bertz CT molecular complexity index is 526. The lowest BCUT2D eigenvalue weighted by atomic mass is 10.2. The van der Waals surface area contributed by atoms with Crippen LogP contribution in [-0.2, 0) is 0 Å². The minimum Gasteiger partial charge on any atom is -0.435 e. The van der Waals surface area contributed by atoms with Crippen molar-refractivity contribution in [3.8, 4) is 17.1 Å². The van der Waals surface area contributed by atoms with Gasteiger partial charge in [0.1, 0.15) is 11.6 Å². The lowest BCUT2D eigenvalue weighted by Crippen LogP contribution is -2.01. The summed E-state index contributed by atoms with van der Waals surface area (Å²) in [6.45, 7) is -2.87. The van der Waals surface area contributed by atoms with Crippen molar-refractivity contribution in [2.75, 3.05) is 0 Å². The summed E-state index contributed by atoms with van der Waals surface area (Å²) in [4.78, 5) is 17.2. The molecule has 0 fully saturated rings. The molecule has 0 amide bonds. The zero-order valence-electron chi connectivity index (χ0n) is 8.56. The molecule has 1 heterocycles. The minimum absolute atomic E-state index is 0.0431. The maximum absolute atomic E-state index is 12.0. The zero-order valence-corrected chi connectivity index (χ0v) is 8.56. The lowest BCUT2D eigenvalue weighted by molar-refractivity contribution is -0.0498. The molecule has 0 saturated carbocycles. The molecule has 88 valence electrons. The van der Waals surface area contributed by atoms with Crippen LogP contribution in [0.5, 0.6) is 5.75 Å². The van der Waals surface area contributed by atoms with E-state index in [4.69, 9.17) is 0 Å². The number of nitrogens with zero attached hydrogens (tertiary/aromatic N) is 1. The van der Waals surface area contributed by atoms with Gasteiger partial charge < -0.3 is 9.72 Å². The first-order valence-corrected chi connectivity index (χ1v) is 4.74. The van der Waals surface area contributed by atoms with E-state index in [0.29, 0.717) is 23.4 Å². The van der Waals surface area contributed by atoms with Crippen LogP contribution in [-0.4, -0.2) is 22.9 Å². The molecular formula is C11H8F2N2O2. The van der Waals surface area contributed by atoms with Gasteiger partial charge in [-0.15, -0.1) is 0 Å². The molecule has 0 bridgehead atoms. The molecule has 0 radical (unpaired) electrons. The van der Waals surface area contributed by atoms with Gasteiger partial charge in [-0.05, 0) is 12.1 Å². The first kappa shape index (κ1) is 11.3. The summed E-state index contributed by atoms with van der Waals surface area (Å²) in [7, 11) is 0. The van der Waals surface area contributed by atoms with Gasteiger partial charge in [0.15, 0.2) is 6.29 Å². The highest BCUT2D eigenvalue weighted by molar-refractivity contribution is 5.73. The van der Waals surface area contributed by atoms with E-state index in [-0.39, 0.29) is 5.75 Å². The molecule has 0 saturated heterocycles. The maximum Gasteiger partial charge on any atom is 0.387 e. The number of imidazole rings is 1. The monoisotopic (exact) mass is 238 g/mol. The Hall–Kier alpha value is -2.24. The van der Waals surface area contributed by atoms with Crippen LogP contribution in [0.4, 0.5) is 8.78 Å². The van der Waals surface area contributed by atoms with E-state index >= 15 is 0 Å². The highest BCUT2D eigenvalue weighted by atomic mass is 19.3. The molecule has 0 aliphatic rings. The minimum atomic E-state index is -2.87. The van der Waals surface area contributed by atoms with E-state index in [0.717, 1.165) is 0 Å². The fourth-order valence-electron chi connectivity index (χ4n) is 1.36. The molecule has 1 aromatic heterocycles. The fraction of sp³-hybridized carbons (Fsp3) is 0.0909. The third-order valence-corrected chi connectivity index (χ3v) is 2.06. The number of ether oxygens (including phenoxy) is 1. The number of aromatic amines is 1. The number of H-pyrrole nitrogens is 1. The molecule has 6 heteroatoms. The molecular weight excluding hydrogens is 230 g/mol. The Morgan fingerprint density at radius 3 is 2.88 bits per heavy atom. The second-order valence-electron chi connectivity index (χ2n) is 3.21. The number of hydrogen-bond acceptors (Lipinski definition) is 3. The van der Waals surface area contributed by atoms with Crippen molar-refractivity contribution in [3.63, 3.8) is 0 Å². The first-order valence-electron chi connectivity index (χ1n) is 4.74. The Kier molecular flexibility index (Phi) is 3.13. The number of rotatable bonds is 4. The van der Waals surface area contributed by atoms with Crippen molar-refractivity contribution in [3.05, 3.63) is 36.2 Å². The Morgan fingerprint density at radius 1 is 1.41 bits per heavy atom. The number of halogens is 2. The number of benzene rings is 1. The summed E-state index contributed by atoms with van der Waals surface area (Å²) >= 11 is 0. The standard InChI is InChI=1S/C11H8F2N2O2/c12-11(13)17-9-3-1-2-7(4-9)10-14-5-8(6-16)15-10/h1-6,11H,(H,14,15). The molecule has 2 aromatic rings. The molecule has 1 N–H and O–H groups in total. The van der Waals surface area contributed by atoms with Gasteiger partial charge in [0.05, 0.1) is 11.9 Å². The second kappa shape index (κ2) is 4.73. The molecule has 2 rings (SSSR count). The van der Waals surface area contributed by atoms with E-state index in [2.05, 4.69) is 14.7 Å². The SMILES string of the molecule is O=Cc1cnc(-c2cccc(OC(F)F)c2)[nH]1. The van der Waals surface area contributed by atoms with Gasteiger partial charge in [-0.2, -0.15) is 8.78 Å². The molecule has 0 aliphatic heterocycles. The van der Waals surface area contributed by atoms with Crippen LogP contribution in [0.25, 0.3) is 11.4 Å². The first-order chi connectivity index (χ1) is 8.19.